The Morgan fingerprint density at radius 1 is 1.19 bits per heavy atom. The van der Waals surface area contributed by atoms with Gasteiger partial charge < -0.3 is 10.1 Å². The summed E-state index contributed by atoms with van der Waals surface area (Å²) in [6, 6.07) is 6.84. The molecule has 0 aromatic heterocycles. The fourth-order valence-electron chi connectivity index (χ4n) is 3.22. The molecule has 1 aromatic carbocycles. The number of anilines is 1. The molecule has 0 spiro atoms. The molecule has 3 unspecified atom stereocenters. The largest absolute Gasteiger partial charge is 0.462 e. The standard InChI is InChI=1S/C17H19NO3/c1-2-21-17(20)12-5-7-14(8-6-12)18-16(19)15-10-11-3-4-13(15)9-11/h3-8,11,13,15H,2,9-10H2,1H3,(H,18,19). The van der Waals surface area contributed by atoms with E-state index in [0.717, 1.165) is 18.5 Å². The number of fused-ring (bicyclic) bond motifs is 2. The molecule has 4 nitrogen and oxygen atoms in total. The summed E-state index contributed by atoms with van der Waals surface area (Å²) in [6.45, 7) is 2.13. The van der Waals surface area contributed by atoms with Gasteiger partial charge in [-0.3, -0.25) is 4.79 Å². The van der Waals surface area contributed by atoms with Gasteiger partial charge in [-0.2, -0.15) is 0 Å². The molecule has 2 aliphatic rings. The lowest BCUT2D eigenvalue weighted by Gasteiger charge is -2.17. The molecule has 1 fully saturated rings. The minimum atomic E-state index is -0.339. The first kappa shape index (κ1) is 13.9. The van der Waals surface area contributed by atoms with Gasteiger partial charge in [0.25, 0.3) is 0 Å². The molecule has 21 heavy (non-hydrogen) atoms. The molecule has 1 N–H and O–H groups in total. The lowest BCUT2D eigenvalue weighted by atomic mass is 9.93. The molecule has 2 aliphatic carbocycles. The van der Waals surface area contributed by atoms with E-state index in [0.29, 0.717) is 24.0 Å². The van der Waals surface area contributed by atoms with Crippen molar-refractivity contribution in [2.45, 2.75) is 19.8 Å². The molecular formula is C17H19NO3. The molecule has 1 aromatic rings. The maximum absolute atomic E-state index is 12.3. The van der Waals surface area contributed by atoms with Crippen molar-refractivity contribution in [3.05, 3.63) is 42.0 Å². The highest BCUT2D eigenvalue weighted by Gasteiger charge is 2.39. The second-order valence-electron chi connectivity index (χ2n) is 5.67. The average Bonchev–Trinajstić information content (AvgIpc) is 3.11. The van der Waals surface area contributed by atoms with Gasteiger partial charge in [0.1, 0.15) is 0 Å². The molecule has 3 rings (SSSR count). The Morgan fingerprint density at radius 3 is 2.52 bits per heavy atom. The lowest BCUT2D eigenvalue weighted by molar-refractivity contribution is -0.120. The molecule has 1 saturated carbocycles. The van der Waals surface area contributed by atoms with Crippen molar-refractivity contribution in [2.24, 2.45) is 17.8 Å². The van der Waals surface area contributed by atoms with Crippen LogP contribution in [0.5, 0.6) is 0 Å². The Balaban J connectivity index is 1.61. The SMILES string of the molecule is CCOC(=O)c1ccc(NC(=O)C2CC3C=CC2C3)cc1. The summed E-state index contributed by atoms with van der Waals surface area (Å²) >= 11 is 0. The van der Waals surface area contributed by atoms with Crippen LogP contribution in [0.4, 0.5) is 5.69 Å². The quantitative estimate of drug-likeness (QED) is 0.683. The van der Waals surface area contributed by atoms with Crippen molar-refractivity contribution in [1.82, 2.24) is 0 Å². The second-order valence-corrected chi connectivity index (χ2v) is 5.67. The first-order valence-electron chi connectivity index (χ1n) is 7.43. The summed E-state index contributed by atoms with van der Waals surface area (Å²) in [7, 11) is 0. The van der Waals surface area contributed by atoms with Crippen molar-refractivity contribution in [3.63, 3.8) is 0 Å². The molecule has 1 amide bonds. The van der Waals surface area contributed by atoms with Crippen LogP contribution in [0.2, 0.25) is 0 Å². The van der Waals surface area contributed by atoms with Gasteiger partial charge in [-0.15, -0.1) is 0 Å². The topological polar surface area (TPSA) is 55.4 Å². The Labute approximate surface area is 124 Å². The van der Waals surface area contributed by atoms with Gasteiger partial charge in [-0.25, -0.2) is 4.79 Å². The number of esters is 1. The smallest absolute Gasteiger partial charge is 0.338 e. The van der Waals surface area contributed by atoms with Crippen LogP contribution < -0.4 is 5.32 Å². The van der Waals surface area contributed by atoms with Crippen molar-refractivity contribution in [2.75, 3.05) is 11.9 Å². The minimum Gasteiger partial charge on any atom is -0.462 e. The third kappa shape index (κ3) is 2.84. The number of hydrogen-bond acceptors (Lipinski definition) is 3. The zero-order chi connectivity index (χ0) is 14.8. The van der Waals surface area contributed by atoms with Crippen LogP contribution in [-0.4, -0.2) is 18.5 Å². The number of ether oxygens (including phenoxy) is 1. The molecular weight excluding hydrogens is 266 g/mol. The van der Waals surface area contributed by atoms with Gasteiger partial charge in [-0.05, 0) is 55.9 Å². The van der Waals surface area contributed by atoms with E-state index in [1.807, 2.05) is 0 Å². The van der Waals surface area contributed by atoms with Gasteiger partial charge in [0.2, 0.25) is 5.91 Å². The Hall–Kier alpha value is -2.10. The number of carbonyl (C=O) groups excluding carboxylic acids is 2. The number of hydrogen-bond donors (Lipinski definition) is 1. The Bertz CT molecular complexity index is 576. The van der Waals surface area contributed by atoms with E-state index in [-0.39, 0.29) is 17.8 Å². The van der Waals surface area contributed by atoms with E-state index >= 15 is 0 Å². The molecule has 0 saturated heterocycles. The summed E-state index contributed by atoms with van der Waals surface area (Å²) in [5.41, 5.74) is 1.22. The van der Waals surface area contributed by atoms with Gasteiger partial charge in [0.15, 0.2) is 0 Å². The Kier molecular flexibility index (Phi) is 3.78. The maximum atomic E-state index is 12.3. The predicted octanol–water partition coefficient (Wildman–Crippen LogP) is 3.01. The maximum Gasteiger partial charge on any atom is 0.338 e. The first-order chi connectivity index (χ1) is 10.2. The van der Waals surface area contributed by atoms with Crippen LogP contribution in [0.15, 0.2) is 36.4 Å². The molecule has 3 atom stereocenters. The third-order valence-electron chi connectivity index (χ3n) is 4.28. The van der Waals surface area contributed by atoms with E-state index in [4.69, 9.17) is 4.74 Å². The summed E-state index contributed by atoms with van der Waals surface area (Å²) in [6.07, 6.45) is 6.46. The first-order valence-corrected chi connectivity index (χ1v) is 7.43. The number of allylic oxidation sites excluding steroid dienone is 2. The van der Waals surface area contributed by atoms with Gasteiger partial charge in [-0.1, -0.05) is 12.2 Å². The molecule has 0 aliphatic heterocycles. The highest BCUT2D eigenvalue weighted by molar-refractivity contribution is 5.94. The zero-order valence-corrected chi connectivity index (χ0v) is 12.0. The van der Waals surface area contributed by atoms with Crippen LogP contribution in [0.1, 0.15) is 30.1 Å². The predicted molar refractivity (Wildman–Crippen MR) is 79.9 cm³/mol. The van der Waals surface area contributed by atoms with Crippen molar-refractivity contribution >= 4 is 17.6 Å². The third-order valence-corrected chi connectivity index (χ3v) is 4.28. The fraction of sp³-hybridized carbons (Fsp3) is 0.412. The molecule has 4 heteroatoms. The van der Waals surface area contributed by atoms with Crippen LogP contribution in [0.25, 0.3) is 0 Å². The van der Waals surface area contributed by atoms with Gasteiger partial charge in [0.05, 0.1) is 12.2 Å². The average molecular weight is 285 g/mol. The van der Waals surface area contributed by atoms with Gasteiger partial charge >= 0.3 is 5.97 Å². The van der Waals surface area contributed by atoms with E-state index in [9.17, 15) is 9.59 Å². The highest BCUT2D eigenvalue weighted by atomic mass is 16.5. The molecule has 0 heterocycles. The van der Waals surface area contributed by atoms with Gasteiger partial charge in [0, 0.05) is 11.6 Å². The molecule has 2 bridgehead atoms. The normalized spacial score (nSPS) is 25.9. The summed E-state index contributed by atoms with van der Waals surface area (Å²) < 4.78 is 4.93. The van der Waals surface area contributed by atoms with Crippen LogP contribution >= 0.6 is 0 Å². The fourth-order valence-corrected chi connectivity index (χ4v) is 3.22. The number of rotatable bonds is 4. The summed E-state index contributed by atoms with van der Waals surface area (Å²) in [5, 5.41) is 2.94. The molecule has 110 valence electrons. The van der Waals surface area contributed by atoms with Crippen LogP contribution in [0, 0.1) is 17.8 Å². The Morgan fingerprint density at radius 2 is 1.95 bits per heavy atom. The monoisotopic (exact) mass is 285 g/mol. The van der Waals surface area contributed by atoms with Crippen molar-refractivity contribution in [3.8, 4) is 0 Å². The number of benzene rings is 1. The van der Waals surface area contributed by atoms with Crippen molar-refractivity contribution in [1.29, 1.82) is 0 Å². The molecule has 0 radical (unpaired) electrons. The second kappa shape index (κ2) is 5.72. The van der Waals surface area contributed by atoms with Crippen LogP contribution in [0.3, 0.4) is 0 Å². The van der Waals surface area contributed by atoms with Crippen LogP contribution in [-0.2, 0) is 9.53 Å². The number of carbonyl (C=O) groups is 2. The van der Waals surface area contributed by atoms with E-state index < -0.39 is 0 Å². The number of nitrogens with one attached hydrogen (secondary N) is 1. The summed E-state index contributed by atoms with van der Waals surface area (Å²) in [4.78, 5) is 23.8. The highest BCUT2D eigenvalue weighted by Crippen LogP contribution is 2.43. The summed E-state index contributed by atoms with van der Waals surface area (Å²) in [5.74, 6) is 0.805. The van der Waals surface area contributed by atoms with E-state index in [1.165, 1.54) is 0 Å². The number of amides is 1. The van der Waals surface area contributed by atoms with E-state index in [2.05, 4.69) is 17.5 Å². The minimum absolute atomic E-state index is 0.0794. The zero-order valence-electron chi connectivity index (χ0n) is 12.0. The van der Waals surface area contributed by atoms with E-state index in [1.54, 1.807) is 31.2 Å². The lowest BCUT2D eigenvalue weighted by Crippen LogP contribution is -2.25. The van der Waals surface area contributed by atoms with Crippen molar-refractivity contribution < 1.29 is 14.3 Å².